The second kappa shape index (κ2) is 8.23. The SMILES string of the molecule is CCCNCc1cccc(Cl)c1OCc1ccncc1Cl. The number of nitrogens with one attached hydrogen (secondary N) is 1. The van der Waals surface area contributed by atoms with Crippen LogP contribution in [0.15, 0.2) is 36.7 Å². The summed E-state index contributed by atoms with van der Waals surface area (Å²) in [4.78, 5) is 3.96. The van der Waals surface area contributed by atoms with Crippen molar-refractivity contribution in [2.45, 2.75) is 26.5 Å². The predicted octanol–water partition coefficient (Wildman–Crippen LogP) is 4.47. The summed E-state index contributed by atoms with van der Waals surface area (Å²) in [5.41, 5.74) is 1.93. The standard InChI is InChI=1S/C16H18Cl2N2O/c1-2-7-19-9-12-4-3-5-14(17)16(12)21-11-13-6-8-20-10-15(13)18/h3-6,8,10,19H,2,7,9,11H2,1H3. The van der Waals surface area contributed by atoms with E-state index in [1.807, 2.05) is 24.3 Å². The van der Waals surface area contributed by atoms with Gasteiger partial charge in [0, 0.05) is 30.1 Å². The lowest BCUT2D eigenvalue weighted by molar-refractivity contribution is 0.302. The van der Waals surface area contributed by atoms with E-state index in [0.29, 0.717) is 22.4 Å². The number of aromatic nitrogens is 1. The number of nitrogens with zero attached hydrogens (tertiary/aromatic N) is 1. The van der Waals surface area contributed by atoms with Gasteiger partial charge in [-0.05, 0) is 25.1 Å². The number of halogens is 2. The minimum absolute atomic E-state index is 0.367. The van der Waals surface area contributed by atoms with E-state index in [0.717, 1.165) is 30.6 Å². The Balaban J connectivity index is 2.09. The molecule has 0 atom stereocenters. The van der Waals surface area contributed by atoms with Crippen molar-refractivity contribution in [1.29, 1.82) is 0 Å². The van der Waals surface area contributed by atoms with Gasteiger partial charge in [-0.3, -0.25) is 4.98 Å². The minimum Gasteiger partial charge on any atom is -0.487 e. The molecular formula is C16H18Cl2N2O. The van der Waals surface area contributed by atoms with Crippen LogP contribution >= 0.6 is 23.2 Å². The highest BCUT2D eigenvalue weighted by Crippen LogP contribution is 2.30. The van der Waals surface area contributed by atoms with Gasteiger partial charge < -0.3 is 10.1 Å². The molecule has 1 N–H and O–H groups in total. The number of para-hydroxylation sites is 1. The van der Waals surface area contributed by atoms with Crippen LogP contribution in [0.3, 0.4) is 0 Å². The zero-order chi connectivity index (χ0) is 15.1. The lowest BCUT2D eigenvalue weighted by Gasteiger charge is -2.14. The van der Waals surface area contributed by atoms with Gasteiger partial charge in [-0.15, -0.1) is 0 Å². The van der Waals surface area contributed by atoms with Crippen LogP contribution in [-0.2, 0) is 13.2 Å². The molecule has 0 radical (unpaired) electrons. The molecular weight excluding hydrogens is 307 g/mol. The van der Waals surface area contributed by atoms with Gasteiger partial charge in [-0.1, -0.05) is 42.3 Å². The number of rotatable bonds is 7. The minimum atomic E-state index is 0.367. The maximum Gasteiger partial charge on any atom is 0.142 e. The maximum absolute atomic E-state index is 6.25. The van der Waals surface area contributed by atoms with Crippen LogP contribution in [0, 0.1) is 0 Å². The van der Waals surface area contributed by atoms with E-state index in [1.165, 1.54) is 0 Å². The zero-order valence-electron chi connectivity index (χ0n) is 11.9. The second-order valence-corrected chi connectivity index (χ2v) is 5.48. The molecule has 0 aliphatic heterocycles. The van der Waals surface area contributed by atoms with Gasteiger partial charge in [0.15, 0.2) is 0 Å². The molecule has 1 aromatic heterocycles. The van der Waals surface area contributed by atoms with Crippen LogP contribution in [0.2, 0.25) is 10.0 Å². The van der Waals surface area contributed by atoms with Crippen LogP contribution in [0.4, 0.5) is 0 Å². The fourth-order valence-corrected chi connectivity index (χ4v) is 2.35. The lowest BCUT2D eigenvalue weighted by atomic mass is 10.2. The van der Waals surface area contributed by atoms with Gasteiger partial charge in [-0.25, -0.2) is 0 Å². The van der Waals surface area contributed by atoms with Gasteiger partial charge in [0.05, 0.1) is 10.0 Å². The van der Waals surface area contributed by atoms with E-state index in [-0.39, 0.29) is 0 Å². The monoisotopic (exact) mass is 324 g/mol. The summed E-state index contributed by atoms with van der Waals surface area (Å²) < 4.78 is 5.88. The smallest absolute Gasteiger partial charge is 0.142 e. The molecule has 1 heterocycles. The molecule has 0 saturated carbocycles. The van der Waals surface area contributed by atoms with Crippen molar-refractivity contribution < 1.29 is 4.74 Å². The zero-order valence-corrected chi connectivity index (χ0v) is 13.4. The Labute approximate surface area is 135 Å². The van der Waals surface area contributed by atoms with Gasteiger partial charge in [0.25, 0.3) is 0 Å². The van der Waals surface area contributed by atoms with Crippen molar-refractivity contribution in [3.8, 4) is 5.75 Å². The van der Waals surface area contributed by atoms with Crippen LogP contribution in [0.25, 0.3) is 0 Å². The van der Waals surface area contributed by atoms with Gasteiger partial charge in [-0.2, -0.15) is 0 Å². The summed E-state index contributed by atoms with van der Waals surface area (Å²) in [5.74, 6) is 0.704. The van der Waals surface area contributed by atoms with Crippen molar-refractivity contribution in [3.05, 3.63) is 57.8 Å². The molecule has 0 aliphatic carbocycles. The summed E-state index contributed by atoms with van der Waals surface area (Å²) in [6, 6.07) is 7.61. The quantitative estimate of drug-likeness (QED) is 0.763. The molecule has 3 nitrogen and oxygen atoms in total. The molecule has 5 heteroatoms. The Bertz CT molecular complexity index is 590. The summed E-state index contributed by atoms with van der Waals surface area (Å²) in [7, 11) is 0. The first kappa shape index (κ1) is 16.1. The van der Waals surface area contributed by atoms with E-state index in [9.17, 15) is 0 Å². The summed E-state index contributed by atoms with van der Waals surface area (Å²) in [6.07, 6.45) is 4.39. The molecule has 0 amide bonds. The second-order valence-electron chi connectivity index (χ2n) is 4.66. The number of benzene rings is 1. The van der Waals surface area contributed by atoms with Crippen LogP contribution < -0.4 is 10.1 Å². The lowest BCUT2D eigenvalue weighted by Crippen LogP contribution is -2.14. The molecule has 0 fully saturated rings. The fraction of sp³-hybridized carbons (Fsp3) is 0.312. The van der Waals surface area contributed by atoms with Crippen molar-refractivity contribution in [2.75, 3.05) is 6.54 Å². The van der Waals surface area contributed by atoms with Gasteiger partial charge >= 0.3 is 0 Å². The Morgan fingerprint density at radius 2 is 2.00 bits per heavy atom. The van der Waals surface area contributed by atoms with Crippen molar-refractivity contribution in [3.63, 3.8) is 0 Å². The van der Waals surface area contributed by atoms with E-state index < -0.39 is 0 Å². The Kier molecular flexibility index (Phi) is 6.30. The van der Waals surface area contributed by atoms with Gasteiger partial charge in [0.2, 0.25) is 0 Å². The first-order valence-electron chi connectivity index (χ1n) is 6.91. The average molecular weight is 325 g/mol. The highest BCUT2D eigenvalue weighted by atomic mass is 35.5. The number of hydrogen-bond donors (Lipinski definition) is 1. The Morgan fingerprint density at radius 1 is 1.14 bits per heavy atom. The van der Waals surface area contributed by atoms with E-state index in [2.05, 4.69) is 17.2 Å². The molecule has 1 aromatic carbocycles. The third kappa shape index (κ3) is 4.60. The molecule has 0 bridgehead atoms. The number of pyridine rings is 1. The highest BCUT2D eigenvalue weighted by molar-refractivity contribution is 6.32. The van der Waals surface area contributed by atoms with Crippen molar-refractivity contribution in [2.24, 2.45) is 0 Å². The van der Waals surface area contributed by atoms with Crippen LogP contribution in [0.1, 0.15) is 24.5 Å². The largest absolute Gasteiger partial charge is 0.487 e. The van der Waals surface area contributed by atoms with E-state index >= 15 is 0 Å². The van der Waals surface area contributed by atoms with Crippen molar-refractivity contribution in [1.82, 2.24) is 10.3 Å². The number of ether oxygens (including phenoxy) is 1. The maximum atomic E-state index is 6.25. The first-order chi connectivity index (χ1) is 10.2. The molecule has 0 saturated heterocycles. The molecule has 0 spiro atoms. The third-order valence-corrected chi connectivity index (χ3v) is 3.66. The van der Waals surface area contributed by atoms with Crippen LogP contribution in [0.5, 0.6) is 5.75 Å². The molecule has 112 valence electrons. The third-order valence-electron chi connectivity index (χ3n) is 3.02. The predicted molar refractivity (Wildman–Crippen MR) is 87.0 cm³/mol. The normalized spacial score (nSPS) is 10.6. The van der Waals surface area contributed by atoms with Gasteiger partial charge in [0.1, 0.15) is 12.4 Å². The van der Waals surface area contributed by atoms with E-state index in [4.69, 9.17) is 27.9 Å². The highest BCUT2D eigenvalue weighted by Gasteiger charge is 2.09. The molecule has 0 aliphatic rings. The fourth-order valence-electron chi connectivity index (χ4n) is 1.93. The topological polar surface area (TPSA) is 34.1 Å². The summed E-state index contributed by atoms with van der Waals surface area (Å²) >= 11 is 12.3. The molecule has 2 rings (SSSR count). The van der Waals surface area contributed by atoms with Crippen molar-refractivity contribution >= 4 is 23.2 Å². The average Bonchev–Trinajstić information content (AvgIpc) is 2.48. The molecule has 2 aromatic rings. The Hall–Kier alpha value is -1.29. The number of hydrogen-bond acceptors (Lipinski definition) is 3. The summed E-state index contributed by atoms with van der Waals surface area (Å²) in [6.45, 7) is 4.19. The van der Waals surface area contributed by atoms with Crippen LogP contribution in [-0.4, -0.2) is 11.5 Å². The molecule has 0 unspecified atom stereocenters. The van der Waals surface area contributed by atoms with E-state index in [1.54, 1.807) is 12.4 Å². The molecule has 21 heavy (non-hydrogen) atoms. The summed E-state index contributed by atoms with van der Waals surface area (Å²) in [5, 5.41) is 4.55. The first-order valence-corrected chi connectivity index (χ1v) is 7.67. The Morgan fingerprint density at radius 3 is 2.76 bits per heavy atom.